The first-order valence-electron chi connectivity index (χ1n) is 10.1. The maximum Gasteiger partial charge on any atom is 0.193 e. The highest BCUT2D eigenvalue weighted by molar-refractivity contribution is 5.80. The minimum absolute atomic E-state index is 0.129. The smallest absolute Gasteiger partial charge is 0.193 e. The molecule has 2 rings (SSSR count). The van der Waals surface area contributed by atoms with Gasteiger partial charge in [-0.3, -0.25) is 4.99 Å². The molecule has 1 saturated heterocycles. The van der Waals surface area contributed by atoms with Gasteiger partial charge in [0.05, 0.1) is 12.6 Å². The molecule has 1 aliphatic rings. The van der Waals surface area contributed by atoms with E-state index in [4.69, 9.17) is 14.2 Å². The van der Waals surface area contributed by atoms with Gasteiger partial charge in [0, 0.05) is 40.5 Å². The average Bonchev–Trinajstić information content (AvgIpc) is 2.73. The molecule has 1 aromatic carbocycles. The Bertz CT molecular complexity index is 592. The number of nitrogens with zero attached hydrogens (tertiary/aromatic N) is 2. The zero-order valence-corrected chi connectivity index (χ0v) is 17.3. The number of likely N-dealkylation sites (tertiary alicyclic amines) is 1. The Morgan fingerprint density at radius 1 is 1.29 bits per heavy atom. The Labute approximate surface area is 168 Å². The van der Waals surface area contributed by atoms with E-state index in [9.17, 15) is 4.39 Å². The van der Waals surface area contributed by atoms with E-state index in [1.807, 2.05) is 6.92 Å². The average molecular weight is 396 g/mol. The van der Waals surface area contributed by atoms with Crippen molar-refractivity contribution in [3.05, 3.63) is 30.1 Å². The summed E-state index contributed by atoms with van der Waals surface area (Å²) in [6, 6.07) is 6.51. The molecule has 0 aliphatic carbocycles. The zero-order valence-electron chi connectivity index (χ0n) is 17.3. The number of para-hydroxylation sites is 1. The fourth-order valence-electron chi connectivity index (χ4n) is 3.21. The third kappa shape index (κ3) is 7.28. The molecule has 0 aromatic heterocycles. The number of halogens is 1. The van der Waals surface area contributed by atoms with E-state index in [0.717, 1.165) is 57.9 Å². The molecular formula is C21H34FN3O3. The molecule has 1 fully saturated rings. The number of nitrogens with one attached hydrogen (secondary N) is 1. The lowest BCUT2D eigenvalue weighted by atomic mass is 10.1. The highest BCUT2D eigenvalue weighted by Crippen LogP contribution is 2.18. The molecule has 158 valence electrons. The molecule has 6 nitrogen and oxygen atoms in total. The molecule has 1 aliphatic heterocycles. The van der Waals surface area contributed by atoms with Crippen molar-refractivity contribution in [2.75, 3.05) is 47.0 Å². The third-order valence-electron chi connectivity index (χ3n) is 4.87. The molecule has 0 spiro atoms. The summed E-state index contributed by atoms with van der Waals surface area (Å²) in [5.74, 6) is 0.809. The third-order valence-corrected chi connectivity index (χ3v) is 4.87. The standard InChI is InChI=1S/C21H34FN3O3/c1-4-17(28-20-9-6-5-8-19(20)22)16-24-21(23-2)25-12-10-18(11-13-25)27-15-7-14-26-3/h5-6,8-9,17-18H,4,7,10-16H2,1-3H3,(H,23,24). The van der Waals surface area contributed by atoms with E-state index in [2.05, 4.69) is 15.2 Å². The van der Waals surface area contributed by atoms with Crippen LogP contribution in [0.5, 0.6) is 5.75 Å². The maximum absolute atomic E-state index is 13.8. The van der Waals surface area contributed by atoms with Crippen molar-refractivity contribution < 1.29 is 18.6 Å². The minimum atomic E-state index is -0.335. The van der Waals surface area contributed by atoms with Crippen molar-refractivity contribution in [1.82, 2.24) is 10.2 Å². The molecule has 1 heterocycles. The van der Waals surface area contributed by atoms with Gasteiger partial charge in [0.25, 0.3) is 0 Å². The van der Waals surface area contributed by atoms with Crippen molar-refractivity contribution >= 4 is 5.96 Å². The molecule has 0 bridgehead atoms. The van der Waals surface area contributed by atoms with Gasteiger partial charge in [-0.25, -0.2) is 4.39 Å². The highest BCUT2D eigenvalue weighted by atomic mass is 19.1. The Morgan fingerprint density at radius 3 is 2.68 bits per heavy atom. The van der Waals surface area contributed by atoms with Crippen molar-refractivity contribution in [2.24, 2.45) is 4.99 Å². The highest BCUT2D eigenvalue weighted by Gasteiger charge is 2.22. The largest absolute Gasteiger partial charge is 0.486 e. The van der Waals surface area contributed by atoms with Gasteiger partial charge in [-0.05, 0) is 37.8 Å². The lowest BCUT2D eigenvalue weighted by molar-refractivity contribution is 0.00983. The SMILES string of the molecule is CCC(CNC(=NC)N1CCC(OCCCOC)CC1)Oc1ccccc1F. The monoisotopic (exact) mass is 395 g/mol. The molecule has 1 aromatic rings. The molecular weight excluding hydrogens is 361 g/mol. The van der Waals surface area contributed by atoms with Crippen LogP contribution in [0.25, 0.3) is 0 Å². The van der Waals surface area contributed by atoms with E-state index in [0.29, 0.717) is 12.6 Å². The second-order valence-electron chi connectivity index (χ2n) is 6.91. The fourth-order valence-corrected chi connectivity index (χ4v) is 3.21. The number of methoxy groups -OCH3 is 1. The number of guanidine groups is 1. The lowest BCUT2D eigenvalue weighted by Gasteiger charge is -2.34. The zero-order chi connectivity index (χ0) is 20.2. The number of hydrogen-bond donors (Lipinski definition) is 1. The normalized spacial score (nSPS) is 16.9. The van der Waals surface area contributed by atoms with E-state index in [-0.39, 0.29) is 17.7 Å². The van der Waals surface area contributed by atoms with Crippen LogP contribution >= 0.6 is 0 Å². The first-order chi connectivity index (χ1) is 13.7. The van der Waals surface area contributed by atoms with Crippen LogP contribution < -0.4 is 10.1 Å². The number of piperidine rings is 1. The Balaban J connectivity index is 1.75. The summed E-state index contributed by atoms with van der Waals surface area (Å²) in [6.45, 7) is 5.90. The van der Waals surface area contributed by atoms with Gasteiger partial charge in [0.2, 0.25) is 0 Å². The first-order valence-corrected chi connectivity index (χ1v) is 10.1. The second kappa shape index (κ2) is 12.6. The molecule has 1 atom stereocenters. The summed E-state index contributed by atoms with van der Waals surface area (Å²) >= 11 is 0. The topological polar surface area (TPSA) is 55.3 Å². The van der Waals surface area contributed by atoms with Gasteiger partial charge < -0.3 is 24.4 Å². The second-order valence-corrected chi connectivity index (χ2v) is 6.91. The first kappa shape index (κ1) is 22.4. The van der Waals surface area contributed by atoms with E-state index < -0.39 is 0 Å². The fraction of sp³-hybridized carbons (Fsp3) is 0.667. The van der Waals surface area contributed by atoms with Crippen LogP contribution in [0.4, 0.5) is 4.39 Å². The Hall–Kier alpha value is -1.86. The van der Waals surface area contributed by atoms with Gasteiger partial charge in [-0.1, -0.05) is 19.1 Å². The molecule has 0 saturated carbocycles. The van der Waals surface area contributed by atoms with Gasteiger partial charge in [-0.2, -0.15) is 0 Å². The quantitative estimate of drug-likeness (QED) is 0.375. The van der Waals surface area contributed by atoms with Crippen LogP contribution in [0.3, 0.4) is 0 Å². The van der Waals surface area contributed by atoms with E-state index in [1.54, 1.807) is 32.4 Å². The van der Waals surface area contributed by atoms with Gasteiger partial charge in [0.1, 0.15) is 6.10 Å². The lowest BCUT2D eigenvalue weighted by Crippen LogP contribution is -2.49. The van der Waals surface area contributed by atoms with Crippen LogP contribution in [0.15, 0.2) is 29.3 Å². The summed E-state index contributed by atoms with van der Waals surface area (Å²) in [5, 5.41) is 3.38. The number of benzene rings is 1. The van der Waals surface area contributed by atoms with Crippen LogP contribution in [0.2, 0.25) is 0 Å². The van der Waals surface area contributed by atoms with Crippen LogP contribution in [0.1, 0.15) is 32.6 Å². The van der Waals surface area contributed by atoms with Crippen LogP contribution in [-0.2, 0) is 9.47 Å². The summed E-state index contributed by atoms with van der Waals surface area (Å²) in [5.41, 5.74) is 0. The number of rotatable bonds is 10. The van der Waals surface area contributed by atoms with Crippen molar-refractivity contribution in [3.8, 4) is 5.75 Å². The molecule has 7 heteroatoms. The molecule has 1 N–H and O–H groups in total. The van der Waals surface area contributed by atoms with Crippen LogP contribution in [-0.4, -0.2) is 70.1 Å². The summed E-state index contributed by atoms with van der Waals surface area (Å²) < 4.78 is 30.6. The summed E-state index contributed by atoms with van der Waals surface area (Å²) in [6.07, 6.45) is 3.85. The predicted octanol–water partition coefficient (Wildman–Crippen LogP) is 3.08. The number of ether oxygens (including phenoxy) is 3. The Kier molecular flexibility index (Phi) is 10.1. The van der Waals surface area contributed by atoms with Crippen molar-refractivity contribution in [1.29, 1.82) is 0 Å². The molecule has 1 unspecified atom stereocenters. The molecule has 0 radical (unpaired) electrons. The van der Waals surface area contributed by atoms with Gasteiger partial charge in [0.15, 0.2) is 17.5 Å². The maximum atomic E-state index is 13.8. The molecule has 0 amide bonds. The molecule has 28 heavy (non-hydrogen) atoms. The van der Waals surface area contributed by atoms with E-state index >= 15 is 0 Å². The number of aliphatic imine (C=N–C) groups is 1. The van der Waals surface area contributed by atoms with Crippen LogP contribution in [0, 0.1) is 5.82 Å². The minimum Gasteiger partial charge on any atom is -0.486 e. The number of hydrogen-bond acceptors (Lipinski definition) is 4. The van der Waals surface area contributed by atoms with Gasteiger partial charge in [-0.15, -0.1) is 0 Å². The predicted molar refractivity (Wildman–Crippen MR) is 110 cm³/mol. The van der Waals surface area contributed by atoms with E-state index in [1.165, 1.54) is 6.07 Å². The Morgan fingerprint density at radius 2 is 2.04 bits per heavy atom. The summed E-state index contributed by atoms with van der Waals surface area (Å²) in [4.78, 5) is 6.64. The van der Waals surface area contributed by atoms with Crippen molar-refractivity contribution in [2.45, 2.75) is 44.8 Å². The van der Waals surface area contributed by atoms with Crippen molar-refractivity contribution in [3.63, 3.8) is 0 Å². The van der Waals surface area contributed by atoms with Gasteiger partial charge >= 0.3 is 0 Å². The summed E-state index contributed by atoms with van der Waals surface area (Å²) in [7, 11) is 3.50.